The number of nitrogens with two attached hydrogens (primary N) is 1. The molecule has 0 saturated carbocycles. The molecule has 19 heavy (non-hydrogen) atoms. The second-order valence-electron chi connectivity index (χ2n) is 4.18. The molecule has 3 N–H and O–H groups in total. The number of aryl methyl sites for hydroxylation is 2. The fourth-order valence-electron chi connectivity index (χ4n) is 1.77. The summed E-state index contributed by atoms with van der Waals surface area (Å²) in [5, 5.41) is 2.74. The second-order valence-corrected chi connectivity index (χ2v) is 6.94. The molecule has 0 bridgehead atoms. The zero-order valence-electron chi connectivity index (χ0n) is 10.7. The monoisotopic (exact) mass is 297 g/mol. The molecule has 0 fully saturated rings. The largest absolute Gasteiger partial charge is 0.398 e. The molecule has 2 rings (SSSR count). The molecule has 0 radical (unpaired) electrons. The van der Waals surface area contributed by atoms with Gasteiger partial charge < -0.3 is 5.73 Å². The van der Waals surface area contributed by atoms with Crippen molar-refractivity contribution < 1.29 is 8.42 Å². The van der Waals surface area contributed by atoms with Gasteiger partial charge in [0.2, 0.25) is 10.0 Å². The van der Waals surface area contributed by atoms with Crippen molar-refractivity contribution in [1.82, 2.24) is 9.71 Å². The van der Waals surface area contributed by atoms with Crippen LogP contribution in [0, 0.1) is 13.8 Å². The van der Waals surface area contributed by atoms with Gasteiger partial charge in [0.15, 0.2) is 0 Å². The van der Waals surface area contributed by atoms with Crippen molar-refractivity contribution in [2.45, 2.75) is 25.3 Å². The zero-order chi connectivity index (χ0) is 14.0. The number of thiazole rings is 1. The van der Waals surface area contributed by atoms with E-state index < -0.39 is 10.0 Å². The maximum atomic E-state index is 12.2. The van der Waals surface area contributed by atoms with E-state index in [9.17, 15) is 8.42 Å². The summed E-state index contributed by atoms with van der Waals surface area (Å²) in [4.78, 5) is 4.35. The summed E-state index contributed by atoms with van der Waals surface area (Å²) in [5.74, 6) is 0. The van der Waals surface area contributed by atoms with Crippen LogP contribution in [0.1, 0.15) is 16.3 Å². The van der Waals surface area contributed by atoms with Crippen molar-refractivity contribution in [1.29, 1.82) is 0 Å². The van der Waals surface area contributed by atoms with Gasteiger partial charge in [-0.3, -0.25) is 0 Å². The third kappa shape index (κ3) is 3.12. The van der Waals surface area contributed by atoms with Crippen LogP contribution in [-0.4, -0.2) is 13.4 Å². The second kappa shape index (κ2) is 5.28. The molecule has 0 aliphatic carbocycles. The fraction of sp³-hybridized carbons (Fsp3) is 0.250. The van der Waals surface area contributed by atoms with Gasteiger partial charge in [0.1, 0.15) is 4.90 Å². The Bertz CT molecular complexity index is 673. The molecular weight excluding hydrogens is 282 g/mol. The van der Waals surface area contributed by atoms with Crippen LogP contribution >= 0.6 is 11.3 Å². The Morgan fingerprint density at radius 2 is 2.11 bits per heavy atom. The van der Waals surface area contributed by atoms with E-state index >= 15 is 0 Å². The van der Waals surface area contributed by atoms with Crippen LogP contribution in [0.3, 0.4) is 0 Å². The van der Waals surface area contributed by atoms with E-state index in [0.29, 0.717) is 11.3 Å². The Morgan fingerprint density at radius 3 is 2.68 bits per heavy atom. The minimum absolute atomic E-state index is 0.141. The number of hydrogen-bond donors (Lipinski definition) is 2. The van der Waals surface area contributed by atoms with Crippen molar-refractivity contribution in [2.24, 2.45) is 0 Å². The zero-order valence-corrected chi connectivity index (χ0v) is 12.3. The van der Waals surface area contributed by atoms with Gasteiger partial charge in [-0.1, -0.05) is 12.1 Å². The van der Waals surface area contributed by atoms with E-state index in [1.165, 1.54) is 11.3 Å². The number of nitrogen functional groups attached to an aromatic ring is 1. The number of rotatable bonds is 4. The molecule has 0 saturated heterocycles. The van der Waals surface area contributed by atoms with Gasteiger partial charge in [-0.15, -0.1) is 11.3 Å². The van der Waals surface area contributed by atoms with Crippen molar-refractivity contribution >= 4 is 27.0 Å². The van der Waals surface area contributed by atoms with E-state index in [2.05, 4.69) is 9.71 Å². The molecule has 0 amide bonds. The van der Waals surface area contributed by atoms with Gasteiger partial charge in [0, 0.05) is 5.38 Å². The lowest BCUT2D eigenvalue weighted by molar-refractivity contribution is 0.580. The molecule has 0 atom stereocenters. The highest BCUT2D eigenvalue weighted by Crippen LogP contribution is 2.22. The summed E-state index contributed by atoms with van der Waals surface area (Å²) in [6.07, 6.45) is 0. The average molecular weight is 297 g/mol. The fourth-order valence-corrected chi connectivity index (χ4v) is 3.74. The lowest BCUT2D eigenvalue weighted by atomic mass is 10.2. The predicted molar refractivity (Wildman–Crippen MR) is 76.5 cm³/mol. The summed E-state index contributed by atoms with van der Waals surface area (Å²) in [6, 6.07) is 5.03. The van der Waals surface area contributed by atoms with Crippen LogP contribution in [0.2, 0.25) is 0 Å². The number of hydrogen-bond acceptors (Lipinski definition) is 5. The lowest BCUT2D eigenvalue weighted by Crippen LogP contribution is -2.25. The van der Waals surface area contributed by atoms with E-state index in [0.717, 1.165) is 5.01 Å². The molecule has 1 aromatic carbocycles. The quantitative estimate of drug-likeness (QED) is 0.843. The van der Waals surface area contributed by atoms with Gasteiger partial charge in [-0.25, -0.2) is 18.1 Å². The number of benzene rings is 1. The molecule has 0 spiro atoms. The van der Waals surface area contributed by atoms with Crippen LogP contribution in [0.25, 0.3) is 0 Å². The molecule has 2 aromatic rings. The first kappa shape index (κ1) is 14.0. The predicted octanol–water partition coefficient (Wildman–Crippen LogP) is 1.82. The maximum Gasteiger partial charge on any atom is 0.243 e. The van der Waals surface area contributed by atoms with E-state index in [1.54, 1.807) is 25.1 Å². The Balaban J connectivity index is 2.23. The molecule has 0 aliphatic rings. The third-order valence-corrected chi connectivity index (χ3v) is 5.06. The SMILES string of the molecule is Cc1nc(CNS(=O)(=O)c2c(C)cccc2N)cs1. The topological polar surface area (TPSA) is 85.1 Å². The maximum absolute atomic E-state index is 12.2. The highest BCUT2D eigenvalue weighted by Gasteiger charge is 2.19. The standard InChI is InChI=1S/C12H15N3O2S2/c1-8-4-3-5-11(13)12(8)19(16,17)14-6-10-7-18-9(2)15-10/h3-5,7,14H,6,13H2,1-2H3. The summed E-state index contributed by atoms with van der Waals surface area (Å²) in [7, 11) is -3.62. The molecule has 0 unspecified atom stereocenters. The van der Waals surface area contributed by atoms with Gasteiger partial charge >= 0.3 is 0 Å². The van der Waals surface area contributed by atoms with Gasteiger partial charge in [0.25, 0.3) is 0 Å². The molecule has 5 nitrogen and oxygen atoms in total. The Hall–Kier alpha value is -1.44. The number of nitrogens with zero attached hydrogens (tertiary/aromatic N) is 1. The molecular formula is C12H15N3O2S2. The number of aromatic nitrogens is 1. The molecule has 102 valence electrons. The van der Waals surface area contributed by atoms with E-state index in [4.69, 9.17) is 5.73 Å². The van der Waals surface area contributed by atoms with Crippen molar-refractivity contribution in [3.8, 4) is 0 Å². The van der Waals surface area contributed by atoms with Crippen LogP contribution in [-0.2, 0) is 16.6 Å². The molecule has 7 heteroatoms. The summed E-state index contributed by atoms with van der Waals surface area (Å²) < 4.78 is 27.0. The van der Waals surface area contributed by atoms with Crippen LogP contribution in [0.15, 0.2) is 28.5 Å². The molecule has 1 heterocycles. The third-order valence-electron chi connectivity index (χ3n) is 2.62. The van der Waals surface area contributed by atoms with E-state index in [-0.39, 0.29) is 17.1 Å². The molecule has 1 aromatic heterocycles. The van der Waals surface area contributed by atoms with Crippen LogP contribution in [0.4, 0.5) is 5.69 Å². The average Bonchev–Trinajstić information content (AvgIpc) is 2.72. The number of anilines is 1. The first-order valence-electron chi connectivity index (χ1n) is 5.66. The highest BCUT2D eigenvalue weighted by atomic mass is 32.2. The minimum atomic E-state index is -3.62. The van der Waals surface area contributed by atoms with E-state index in [1.807, 2.05) is 12.3 Å². The number of nitrogens with one attached hydrogen (secondary N) is 1. The van der Waals surface area contributed by atoms with Gasteiger partial charge in [-0.05, 0) is 25.5 Å². The molecule has 0 aliphatic heterocycles. The van der Waals surface area contributed by atoms with Crippen molar-refractivity contribution in [3.63, 3.8) is 0 Å². The van der Waals surface area contributed by atoms with Crippen LogP contribution < -0.4 is 10.5 Å². The Morgan fingerprint density at radius 1 is 1.37 bits per heavy atom. The minimum Gasteiger partial charge on any atom is -0.398 e. The van der Waals surface area contributed by atoms with Crippen molar-refractivity contribution in [2.75, 3.05) is 5.73 Å². The lowest BCUT2D eigenvalue weighted by Gasteiger charge is -2.10. The Labute approximate surface area is 116 Å². The van der Waals surface area contributed by atoms with Gasteiger partial charge in [-0.2, -0.15) is 0 Å². The highest BCUT2D eigenvalue weighted by molar-refractivity contribution is 7.89. The normalized spacial score (nSPS) is 11.7. The summed E-state index contributed by atoms with van der Waals surface area (Å²) in [5.41, 5.74) is 7.33. The van der Waals surface area contributed by atoms with Crippen LogP contribution in [0.5, 0.6) is 0 Å². The summed E-state index contributed by atoms with van der Waals surface area (Å²) >= 11 is 1.49. The van der Waals surface area contributed by atoms with Crippen molar-refractivity contribution in [3.05, 3.63) is 39.8 Å². The van der Waals surface area contributed by atoms with Gasteiger partial charge in [0.05, 0.1) is 22.9 Å². The summed E-state index contributed by atoms with van der Waals surface area (Å²) in [6.45, 7) is 3.76. The first-order chi connectivity index (χ1) is 8.90. The smallest absolute Gasteiger partial charge is 0.243 e. The Kier molecular flexibility index (Phi) is 3.88. The first-order valence-corrected chi connectivity index (χ1v) is 8.02. The number of sulfonamides is 1.